The van der Waals surface area contributed by atoms with Crippen LogP contribution in [0.15, 0.2) is 88.7 Å². The number of para-hydroxylation sites is 1. The van der Waals surface area contributed by atoms with Crippen molar-refractivity contribution in [1.82, 2.24) is 4.31 Å². The molecule has 0 aromatic heterocycles. The number of carbonyl (C=O) groups excluding carboxylic acids is 1. The Labute approximate surface area is 181 Å². The minimum atomic E-state index is -3.76. The van der Waals surface area contributed by atoms with Gasteiger partial charge in [-0.3, -0.25) is 9.52 Å². The molecule has 8 nitrogen and oxygen atoms in total. The van der Waals surface area contributed by atoms with E-state index in [-0.39, 0.29) is 15.4 Å². The number of rotatable bonds is 7. The summed E-state index contributed by atoms with van der Waals surface area (Å²) in [6.45, 7) is 0. The number of carbonyl (C=O) groups is 1. The largest absolute Gasteiger partial charge is 0.322 e. The predicted molar refractivity (Wildman–Crippen MR) is 119 cm³/mol. The van der Waals surface area contributed by atoms with E-state index < -0.39 is 26.0 Å². The minimum absolute atomic E-state index is 0.0487. The molecule has 162 valence electrons. The average molecular weight is 460 g/mol. The third kappa shape index (κ3) is 5.29. The summed E-state index contributed by atoms with van der Waals surface area (Å²) >= 11 is 0. The van der Waals surface area contributed by atoms with Crippen LogP contribution in [0.2, 0.25) is 0 Å². The lowest BCUT2D eigenvalue weighted by atomic mass is 10.2. The zero-order valence-corrected chi connectivity index (χ0v) is 18.4. The van der Waals surface area contributed by atoms with Crippen molar-refractivity contribution in [3.63, 3.8) is 0 Å². The van der Waals surface area contributed by atoms with E-state index >= 15 is 0 Å². The van der Waals surface area contributed by atoms with Crippen LogP contribution in [-0.4, -0.2) is 41.1 Å². The number of benzene rings is 3. The van der Waals surface area contributed by atoms with Crippen molar-refractivity contribution in [2.24, 2.45) is 0 Å². The van der Waals surface area contributed by atoms with Crippen molar-refractivity contribution in [1.29, 1.82) is 0 Å². The van der Waals surface area contributed by atoms with Crippen molar-refractivity contribution < 1.29 is 21.6 Å². The molecule has 0 atom stereocenters. The maximum absolute atomic E-state index is 12.5. The smallest absolute Gasteiger partial charge is 0.261 e. The lowest BCUT2D eigenvalue weighted by Crippen LogP contribution is -2.22. The standard InChI is InChI=1S/C21H21N3O5S2/c1-24(2)31(28,29)20-12-8-16(9-13-20)21(25)22-17-10-14-19(15-11-17)30(26,27)23-18-6-4-3-5-7-18/h3-15,23H,1-2H3,(H,22,25). The van der Waals surface area contributed by atoms with E-state index in [9.17, 15) is 21.6 Å². The Morgan fingerprint density at radius 3 is 1.81 bits per heavy atom. The Bertz CT molecular complexity index is 1270. The van der Waals surface area contributed by atoms with Crippen LogP contribution in [0.4, 0.5) is 11.4 Å². The van der Waals surface area contributed by atoms with Gasteiger partial charge >= 0.3 is 0 Å². The first kappa shape index (κ1) is 22.5. The lowest BCUT2D eigenvalue weighted by Gasteiger charge is -2.12. The summed E-state index contributed by atoms with van der Waals surface area (Å²) < 4.78 is 52.7. The first-order chi connectivity index (χ1) is 14.6. The molecule has 3 aromatic carbocycles. The fraction of sp³-hybridized carbons (Fsp3) is 0.0952. The van der Waals surface area contributed by atoms with Gasteiger partial charge in [-0.2, -0.15) is 0 Å². The van der Waals surface area contributed by atoms with Crippen molar-refractivity contribution in [2.45, 2.75) is 9.79 Å². The van der Waals surface area contributed by atoms with Gasteiger partial charge in [0, 0.05) is 31.0 Å². The molecule has 0 saturated carbocycles. The van der Waals surface area contributed by atoms with Gasteiger partial charge in [0.15, 0.2) is 0 Å². The number of nitrogens with zero attached hydrogens (tertiary/aromatic N) is 1. The van der Waals surface area contributed by atoms with Crippen LogP contribution in [0.25, 0.3) is 0 Å². The van der Waals surface area contributed by atoms with Crippen molar-refractivity contribution >= 4 is 37.3 Å². The Morgan fingerprint density at radius 1 is 0.710 bits per heavy atom. The molecule has 0 fully saturated rings. The second kappa shape index (κ2) is 8.88. The van der Waals surface area contributed by atoms with E-state index in [1.807, 2.05) is 0 Å². The van der Waals surface area contributed by atoms with Gasteiger partial charge in [-0.05, 0) is 60.7 Å². The number of hydrogen-bond donors (Lipinski definition) is 2. The maximum atomic E-state index is 12.5. The van der Waals surface area contributed by atoms with Crippen LogP contribution >= 0.6 is 0 Å². The highest BCUT2D eigenvalue weighted by Gasteiger charge is 2.18. The highest BCUT2D eigenvalue weighted by molar-refractivity contribution is 7.92. The van der Waals surface area contributed by atoms with E-state index in [2.05, 4.69) is 10.0 Å². The normalized spacial score (nSPS) is 11.8. The molecular formula is C21H21N3O5S2. The van der Waals surface area contributed by atoms with E-state index in [4.69, 9.17) is 0 Å². The molecule has 3 rings (SSSR count). The minimum Gasteiger partial charge on any atom is -0.322 e. The second-order valence-electron chi connectivity index (χ2n) is 6.76. The zero-order chi connectivity index (χ0) is 22.6. The van der Waals surface area contributed by atoms with Crippen molar-refractivity contribution in [3.8, 4) is 0 Å². The van der Waals surface area contributed by atoms with Crippen LogP contribution in [0.3, 0.4) is 0 Å². The molecule has 2 N–H and O–H groups in total. The van der Waals surface area contributed by atoms with Gasteiger partial charge in [-0.1, -0.05) is 18.2 Å². The zero-order valence-electron chi connectivity index (χ0n) is 16.8. The monoisotopic (exact) mass is 459 g/mol. The molecular weight excluding hydrogens is 438 g/mol. The van der Waals surface area contributed by atoms with E-state index in [1.165, 1.54) is 62.6 Å². The molecule has 0 aliphatic carbocycles. The Kier molecular flexibility index (Phi) is 6.44. The molecule has 1 amide bonds. The molecule has 0 spiro atoms. The fourth-order valence-corrected chi connectivity index (χ4v) is 4.59. The summed E-state index contributed by atoms with van der Waals surface area (Å²) in [7, 11) is -4.49. The Balaban J connectivity index is 1.70. The van der Waals surface area contributed by atoms with E-state index in [0.717, 1.165) is 4.31 Å². The Hall–Kier alpha value is -3.21. The van der Waals surface area contributed by atoms with Crippen LogP contribution in [-0.2, 0) is 20.0 Å². The maximum Gasteiger partial charge on any atom is 0.261 e. The SMILES string of the molecule is CN(C)S(=O)(=O)c1ccc(C(=O)Nc2ccc(S(=O)(=O)Nc3ccccc3)cc2)cc1. The van der Waals surface area contributed by atoms with Crippen LogP contribution in [0, 0.1) is 0 Å². The van der Waals surface area contributed by atoms with Crippen LogP contribution < -0.4 is 10.0 Å². The first-order valence-electron chi connectivity index (χ1n) is 9.11. The molecule has 0 heterocycles. The first-order valence-corrected chi connectivity index (χ1v) is 12.0. The fourth-order valence-electron chi connectivity index (χ4n) is 2.63. The van der Waals surface area contributed by atoms with Gasteiger partial charge in [0.1, 0.15) is 0 Å². The molecule has 31 heavy (non-hydrogen) atoms. The van der Waals surface area contributed by atoms with Gasteiger partial charge < -0.3 is 5.32 Å². The number of hydrogen-bond acceptors (Lipinski definition) is 5. The lowest BCUT2D eigenvalue weighted by molar-refractivity contribution is 0.102. The van der Waals surface area contributed by atoms with Gasteiger partial charge in [0.25, 0.3) is 15.9 Å². The van der Waals surface area contributed by atoms with Gasteiger partial charge in [-0.15, -0.1) is 0 Å². The number of amides is 1. The topological polar surface area (TPSA) is 113 Å². The quantitative estimate of drug-likeness (QED) is 0.564. The van der Waals surface area contributed by atoms with Gasteiger partial charge in [0.05, 0.1) is 9.79 Å². The van der Waals surface area contributed by atoms with Crippen LogP contribution in [0.5, 0.6) is 0 Å². The second-order valence-corrected chi connectivity index (χ2v) is 10.6. The summed E-state index contributed by atoms with van der Waals surface area (Å²) in [5.74, 6) is -0.452. The molecule has 0 aliphatic rings. The average Bonchev–Trinajstić information content (AvgIpc) is 2.74. The highest BCUT2D eigenvalue weighted by atomic mass is 32.2. The summed E-state index contributed by atoms with van der Waals surface area (Å²) in [6, 6.07) is 19.8. The molecule has 0 bridgehead atoms. The molecule has 10 heteroatoms. The molecule has 0 radical (unpaired) electrons. The Morgan fingerprint density at radius 2 is 1.26 bits per heavy atom. The van der Waals surface area contributed by atoms with Crippen molar-refractivity contribution in [3.05, 3.63) is 84.4 Å². The highest BCUT2D eigenvalue weighted by Crippen LogP contribution is 2.19. The van der Waals surface area contributed by atoms with E-state index in [1.54, 1.807) is 30.3 Å². The third-order valence-corrected chi connectivity index (χ3v) is 7.57. The molecule has 0 unspecified atom stereocenters. The summed E-state index contributed by atoms with van der Waals surface area (Å²) in [5, 5.41) is 2.65. The molecule has 3 aromatic rings. The summed E-state index contributed by atoms with van der Waals surface area (Å²) in [5.41, 5.74) is 1.11. The third-order valence-electron chi connectivity index (χ3n) is 4.34. The number of anilines is 2. The van der Waals surface area contributed by atoms with Gasteiger partial charge in [-0.25, -0.2) is 21.1 Å². The van der Waals surface area contributed by atoms with Gasteiger partial charge in [0.2, 0.25) is 10.0 Å². The van der Waals surface area contributed by atoms with E-state index in [0.29, 0.717) is 11.4 Å². The molecule has 0 saturated heterocycles. The predicted octanol–water partition coefficient (Wildman–Crippen LogP) is 2.99. The number of nitrogens with one attached hydrogen (secondary N) is 2. The summed E-state index contributed by atoms with van der Waals surface area (Å²) in [4.78, 5) is 12.6. The van der Waals surface area contributed by atoms with Crippen LogP contribution in [0.1, 0.15) is 10.4 Å². The summed E-state index contributed by atoms with van der Waals surface area (Å²) in [6.07, 6.45) is 0. The number of sulfonamides is 2. The molecule has 0 aliphatic heterocycles. The van der Waals surface area contributed by atoms with Crippen molar-refractivity contribution in [2.75, 3.05) is 24.1 Å².